The van der Waals surface area contributed by atoms with Gasteiger partial charge in [-0.1, -0.05) is 18.2 Å². The summed E-state index contributed by atoms with van der Waals surface area (Å²) >= 11 is 0. The molecule has 1 amide bonds. The van der Waals surface area contributed by atoms with Gasteiger partial charge in [-0.3, -0.25) is 9.59 Å². The quantitative estimate of drug-likeness (QED) is 0.542. The third kappa shape index (κ3) is 5.64. The molecule has 1 aromatic rings. The molecule has 0 saturated carbocycles. The Kier molecular flexibility index (Phi) is 6.94. The Morgan fingerprint density at radius 2 is 2.10 bits per heavy atom. The molecule has 0 heterocycles. The van der Waals surface area contributed by atoms with Crippen LogP contribution in [0.4, 0.5) is 4.39 Å². The predicted molar refractivity (Wildman–Crippen MR) is 75.3 cm³/mol. The van der Waals surface area contributed by atoms with Gasteiger partial charge in [-0.15, -0.1) is 6.58 Å². The van der Waals surface area contributed by atoms with Crippen LogP contribution >= 0.6 is 0 Å². The molecule has 0 saturated heterocycles. The van der Waals surface area contributed by atoms with Crippen molar-refractivity contribution in [1.29, 1.82) is 0 Å². The number of para-hydroxylation sites is 1. The van der Waals surface area contributed by atoms with Crippen LogP contribution in [0.25, 0.3) is 0 Å². The molecule has 0 aromatic heterocycles. The van der Waals surface area contributed by atoms with Gasteiger partial charge in [-0.05, 0) is 19.1 Å². The SMILES string of the molecule is C=CCN(CC(=O)OCC)C(=O)COc1ccccc1F. The number of ether oxygens (including phenoxy) is 2. The molecule has 0 aliphatic carbocycles. The molecule has 1 rings (SSSR count). The van der Waals surface area contributed by atoms with Crippen molar-refractivity contribution in [1.82, 2.24) is 4.90 Å². The fraction of sp³-hybridized carbons (Fsp3) is 0.333. The highest BCUT2D eigenvalue weighted by Crippen LogP contribution is 2.15. The molecule has 21 heavy (non-hydrogen) atoms. The molecular formula is C15H18FNO4. The number of rotatable bonds is 8. The number of hydrogen-bond donors (Lipinski definition) is 0. The highest BCUT2D eigenvalue weighted by molar-refractivity contribution is 5.83. The average Bonchev–Trinajstić information content (AvgIpc) is 2.46. The van der Waals surface area contributed by atoms with Gasteiger partial charge in [0, 0.05) is 6.54 Å². The Morgan fingerprint density at radius 3 is 2.71 bits per heavy atom. The molecule has 0 atom stereocenters. The predicted octanol–water partition coefficient (Wildman–Crippen LogP) is 1.78. The van der Waals surface area contributed by atoms with Gasteiger partial charge in [-0.2, -0.15) is 0 Å². The fourth-order valence-electron chi connectivity index (χ4n) is 1.57. The summed E-state index contributed by atoms with van der Waals surface area (Å²) in [7, 11) is 0. The Balaban J connectivity index is 2.58. The van der Waals surface area contributed by atoms with Gasteiger partial charge in [0.15, 0.2) is 18.2 Å². The number of benzene rings is 1. The highest BCUT2D eigenvalue weighted by Gasteiger charge is 2.17. The summed E-state index contributed by atoms with van der Waals surface area (Å²) in [5.74, 6) is -1.53. The smallest absolute Gasteiger partial charge is 0.325 e. The summed E-state index contributed by atoms with van der Waals surface area (Å²) in [5, 5.41) is 0. The van der Waals surface area contributed by atoms with Gasteiger partial charge >= 0.3 is 5.97 Å². The highest BCUT2D eigenvalue weighted by atomic mass is 19.1. The van der Waals surface area contributed by atoms with E-state index in [0.717, 1.165) is 0 Å². The van der Waals surface area contributed by atoms with E-state index in [4.69, 9.17) is 9.47 Å². The molecule has 0 N–H and O–H groups in total. The lowest BCUT2D eigenvalue weighted by molar-refractivity contribution is -0.149. The number of carbonyl (C=O) groups excluding carboxylic acids is 2. The van der Waals surface area contributed by atoms with E-state index < -0.39 is 17.7 Å². The second-order valence-electron chi connectivity index (χ2n) is 4.09. The molecule has 6 heteroatoms. The van der Waals surface area contributed by atoms with E-state index in [-0.39, 0.29) is 32.1 Å². The van der Waals surface area contributed by atoms with E-state index in [0.29, 0.717) is 0 Å². The lowest BCUT2D eigenvalue weighted by Crippen LogP contribution is -2.39. The van der Waals surface area contributed by atoms with Crippen LogP contribution in [0.5, 0.6) is 5.75 Å². The van der Waals surface area contributed by atoms with Crippen molar-refractivity contribution in [2.45, 2.75) is 6.92 Å². The van der Waals surface area contributed by atoms with Crippen molar-refractivity contribution in [3.63, 3.8) is 0 Å². The summed E-state index contributed by atoms with van der Waals surface area (Å²) in [6.07, 6.45) is 1.49. The van der Waals surface area contributed by atoms with Crippen LogP contribution in [0, 0.1) is 5.82 Å². The molecule has 0 fully saturated rings. The van der Waals surface area contributed by atoms with E-state index >= 15 is 0 Å². The average molecular weight is 295 g/mol. The Hall–Kier alpha value is -2.37. The van der Waals surface area contributed by atoms with Crippen LogP contribution in [0.3, 0.4) is 0 Å². The molecule has 5 nitrogen and oxygen atoms in total. The van der Waals surface area contributed by atoms with Crippen LogP contribution in [-0.4, -0.2) is 43.1 Å². The summed E-state index contributed by atoms with van der Waals surface area (Å²) in [6, 6.07) is 5.78. The van der Waals surface area contributed by atoms with Crippen molar-refractivity contribution in [3.05, 3.63) is 42.7 Å². The molecule has 0 radical (unpaired) electrons. The molecule has 0 spiro atoms. The number of amides is 1. The summed E-state index contributed by atoms with van der Waals surface area (Å²) in [4.78, 5) is 24.6. The number of carbonyl (C=O) groups is 2. The fourth-order valence-corrected chi connectivity index (χ4v) is 1.57. The van der Waals surface area contributed by atoms with Gasteiger partial charge in [0.05, 0.1) is 6.61 Å². The number of halogens is 1. The maximum absolute atomic E-state index is 13.4. The molecule has 0 bridgehead atoms. The number of nitrogens with zero attached hydrogens (tertiary/aromatic N) is 1. The second kappa shape index (κ2) is 8.73. The number of esters is 1. The first kappa shape index (κ1) is 16.7. The monoisotopic (exact) mass is 295 g/mol. The molecule has 0 aliphatic rings. The van der Waals surface area contributed by atoms with Crippen LogP contribution in [-0.2, 0) is 14.3 Å². The zero-order valence-electron chi connectivity index (χ0n) is 11.9. The van der Waals surface area contributed by atoms with Crippen LogP contribution in [0.1, 0.15) is 6.92 Å². The van der Waals surface area contributed by atoms with Crippen molar-refractivity contribution >= 4 is 11.9 Å². The summed E-state index contributed by atoms with van der Waals surface area (Å²) in [6.45, 7) is 5.05. The zero-order valence-corrected chi connectivity index (χ0v) is 11.9. The Bertz CT molecular complexity index is 504. The standard InChI is InChI=1S/C15H18FNO4/c1-3-9-17(10-15(19)20-4-2)14(18)11-21-13-8-6-5-7-12(13)16/h3,5-8H,1,4,9-11H2,2H3. The van der Waals surface area contributed by atoms with Gasteiger partial charge in [0.1, 0.15) is 6.54 Å². The molecule has 0 unspecified atom stereocenters. The van der Waals surface area contributed by atoms with Crippen molar-refractivity contribution in [3.8, 4) is 5.75 Å². The van der Waals surface area contributed by atoms with Crippen LogP contribution < -0.4 is 4.74 Å². The minimum absolute atomic E-state index is 0.0134. The van der Waals surface area contributed by atoms with Crippen molar-refractivity contribution in [2.75, 3.05) is 26.3 Å². The second-order valence-corrected chi connectivity index (χ2v) is 4.09. The van der Waals surface area contributed by atoms with E-state index in [1.165, 1.54) is 29.2 Å². The lowest BCUT2D eigenvalue weighted by Gasteiger charge is -2.20. The zero-order chi connectivity index (χ0) is 15.7. The van der Waals surface area contributed by atoms with Gasteiger partial charge in [0.25, 0.3) is 5.91 Å². The largest absolute Gasteiger partial charge is 0.481 e. The van der Waals surface area contributed by atoms with Crippen molar-refractivity contribution in [2.24, 2.45) is 0 Å². The first-order valence-corrected chi connectivity index (χ1v) is 6.50. The lowest BCUT2D eigenvalue weighted by atomic mass is 10.3. The Morgan fingerprint density at radius 1 is 1.38 bits per heavy atom. The summed E-state index contributed by atoms with van der Waals surface area (Å²) in [5.41, 5.74) is 0. The molecule has 114 valence electrons. The van der Waals surface area contributed by atoms with Gasteiger partial charge in [-0.25, -0.2) is 4.39 Å². The molecule has 1 aromatic carbocycles. The van der Waals surface area contributed by atoms with Gasteiger partial charge in [0.2, 0.25) is 0 Å². The first-order chi connectivity index (χ1) is 10.1. The minimum Gasteiger partial charge on any atom is -0.481 e. The minimum atomic E-state index is -0.550. The third-order valence-electron chi connectivity index (χ3n) is 2.52. The topological polar surface area (TPSA) is 55.8 Å². The van der Waals surface area contributed by atoms with Crippen molar-refractivity contribution < 1.29 is 23.5 Å². The maximum atomic E-state index is 13.4. The van der Waals surface area contributed by atoms with E-state index in [1.807, 2.05) is 0 Å². The van der Waals surface area contributed by atoms with Crippen LogP contribution in [0.15, 0.2) is 36.9 Å². The Labute approximate surface area is 123 Å². The van der Waals surface area contributed by atoms with E-state index in [2.05, 4.69) is 6.58 Å². The third-order valence-corrected chi connectivity index (χ3v) is 2.52. The van der Waals surface area contributed by atoms with Gasteiger partial charge < -0.3 is 14.4 Å². The normalized spacial score (nSPS) is 9.81. The van der Waals surface area contributed by atoms with E-state index in [9.17, 15) is 14.0 Å². The summed E-state index contributed by atoms with van der Waals surface area (Å²) < 4.78 is 23.3. The molecular weight excluding hydrogens is 277 g/mol. The van der Waals surface area contributed by atoms with Crippen LogP contribution in [0.2, 0.25) is 0 Å². The van der Waals surface area contributed by atoms with E-state index in [1.54, 1.807) is 13.0 Å². The first-order valence-electron chi connectivity index (χ1n) is 6.50. The molecule has 0 aliphatic heterocycles. The number of hydrogen-bond acceptors (Lipinski definition) is 4. The maximum Gasteiger partial charge on any atom is 0.325 e.